The smallest absolute Gasteiger partial charge is 0.329 e. The predicted molar refractivity (Wildman–Crippen MR) is 188 cm³/mol. The normalized spacial score (nSPS) is 15.0. The van der Waals surface area contributed by atoms with Gasteiger partial charge in [0.25, 0.3) is 0 Å². The van der Waals surface area contributed by atoms with E-state index in [0.717, 1.165) is 49.9 Å². The fourth-order valence-corrected chi connectivity index (χ4v) is 6.21. The number of anilines is 2. The Morgan fingerprint density at radius 1 is 0.739 bits per heavy atom. The number of rotatable bonds is 16. The van der Waals surface area contributed by atoms with Crippen molar-refractivity contribution in [2.45, 2.75) is 98.2 Å². The average molecular weight is 635 g/mol. The molecule has 0 radical (unpaired) electrons. The van der Waals surface area contributed by atoms with Crippen LogP contribution in [0.5, 0.6) is 0 Å². The Kier molecular flexibility index (Phi) is 15.4. The highest BCUT2D eigenvalue weighted by Gasteiger charge is 2.40. The molecule has 1 aliphatic heterocycles. The highest BCUT2D eigenvalue weighted by molar-refractivity contribution is 6.01. The summed E-state index contributed by atoms with van der Waals surface area (Å²) in [6, 6.07) is 18.6. The molecule has 3 rings (SSSR count). The summed E-state index contributed by atoms with van der Waals surface area (Å²) < 4.78 is 0. The van der Waals surface area contributed by atoms with Crippen LogP contribution in [0.4, 0.5) is 21.0 Å². The van der Waals surface area contributed by atoms with Gasteiger partial charge >= 0.3 is 12.1 Å². The van der Waals surface area contributed by atoms with E-state index in [2.05, 4.69) is 51.8 Å². The Morgan fingerprint density at radius 2 is 1.26 bits per heavy atom. The number of nitrogens with zero attached hydrogens (tertiary/aromatic N) is 5. The van der Waals surface area contributed by atoms with Gasteiger partial charge in [-0.3, -0.25) is 14.6 Å². The molecule has 0 aromatic heterocycles. The summed E-state index contributed by atoms with van der Waals surface area (Å²) in [7, 11) is 0. The van der Waals surface area contributed by atoms with E-state index in [4.69, 9.17) is 0 Å². The Hall–Kier alpha value is -3.59. The standard InChI is InChI=1S/C37H58N6O3/c1-7-9-17-24-39(25-18-10-8-2)36(45)40-27-28-42(34(29-40)35(44)38-23-26-41(30(3)4)31(5)6)37(46)43(32-19-13-11-14-20-32)33-21-15-12-16-22-33/h11-16,19-22,30-31,34H,7-10,17-18,23-29H2,1-6H3,(H,38,44)/t34-/m0/s1. The minimum Gasteiger partial charge on any atom is -0.353 e. The lowest BCUT2D eigenvalue weighted by Crippen LogP contribution is -2.64. The van der Waals surface area contributed by atoms with Crippen LogP contribution in [0.25, 0.3) is 0 Å². The number of hydrogen-bond acceptors (Lipinski definition) is 4. The summed E-state index contributed by atoms with van der Waals surface area (Å²) in [5, 5.41) is 3.12. The Balaban J connectivity index is 1.89. The zero-order chi connectivity index (χ0) is 33.5. The highest BCUT2D eigenvalue weighted by Crippen LogP contribution is 2.28. The van der Waals surface area contributed by atoms with Crippen molar-refractivity contribution in [1.29, 1.82) is 0 Å². The Morgan fingerprint density at radius 3 is 1.74 bits per heavy atom. The zero-order valence-electron chi connectivity index (χ0n) is 29.2. The Labute approximate surface area is 277 Å². The molecule has 9 nitrogen and oxygen atoms in total. The molecule has 0 unspecified atom stereocenters. The van der Waals surface area contributed by atoms with E-state index >= 15 is 0 Å². The molecule has 1 N–H and O–H groups in total. The summed E-state index contributed by atoms with van der Waals surface area (Å²) in [4.78, 5) is 51.8. The maximum Gasteiger partial charge on any atom is 0.329 e. The van der Waals surface area contributed by atoms with E-state index < -0.39 is 6.04 Å². The van der Waals surface area contributed by atoms with Gasteiger partial charge in [0.2, 0.25) is 5.91 Å². The Bertz CT molecular complexity index is 1130. The van der Waals surface area contributed by atoms with Gasteiger partial charge in [0, 0.05) is 51.4 Å². The fourth-order valence-electron chi connectivity index (χ4n) is 6.21. The van der Waals surface area contributed by atoms with Crippen molar-refractivity contribution in [3.05, 3.63) is 60.7 Å². The van der Waals surface area contributed by atoms with Crippen molar-refractivity contribution >= 4 is 29.3 Å². The van der Waals surface area contributed by atoms with Crippen molar-refractivity contribution in [3.8, 4) is 0 Å². The molecule has 1 fully saturated rings. The van der Waals surface area contributed by atoms with Gasteiger partial charge in [-0.25, -0.2) is 9.59 Å². The molecule has 2 aromatic rings. The van der Waals surface area contributed by atoms with Gasteiger partial charge in [-0.15, -0.1) is 0 Å². The first kappa shape index (κ1) is 36.9. The molecule has 0 spiro atoms. The lowest BCUT2D eigenvalue weighted by molar-refractivity contribution is -0.127. The molecule has 1 atom stereocenters. The molecular formula is C37H58N6O3. The van der Waals surface area contributed by atoms with Crippen LogP contribution in [0.15, 0.2) is 60.7 Å². The topological polar surface area (TPSA) is 79.4 Å². The van der Waals surface area contributed by atoms with Crippen molar-refractivity contribution in [2.75, 3.05) is 50.7 Å². The van der Waals surface area contributed by atoms with Crippen LogP contribution in [-0.4, -0.2) is 102 Å². The van der Waals surface area contributed by atoms with Crippen LogP contribution in [0, 0.1) is 0 Å². The molecule has 1 aliphatic rings. The second-order valence-corrected chi connectivity index (χ2v) is 12.8. The van der Waals surface area contributed by atoms with E-state index in [1.165, 1.54) is 0 Å². The maximum atomic E-state index is 14.5. The molecule has 254 valence electrons. The van der Waals surface area contributed by atoms with E-state index in [1.807, 2.05) is 65.6 Å². The second kappa shape index (κ2) is 19.2. The van der Waals surface area contributed by atoms with Crippen molar-refractivity contribution in [3.63, 3.8) is 0 Å². The number of piperazine rings is 1. The summed E-state index contributed by atoms with van der Waals surface area (Å²) in [6.07, 6.45) is 6.24. The maximum absolute atomic E-state index is 14.5. The van der Waals surface area contributed by atoms with Gasteiger partial charge in [-0.2, -0.15) is 0 Å². The lowest BCUT2D eigenvalue weighted by Gasteiger charge is -2.43. The molecule has 0 aliphatic carbocycles. The SMILES string of the molecule is CCCCCN(CCCCC)C(=O)N1CCN(C(=O)N(c2ccccc2)c2ccccc2)[C@H](C(=O)NCCN(C(C)C)C(C)C)C1. The van der Waals surface area contributed by atoms with E-state index in [0.29, 0.717) is 44.8 Å². The van der Waals surface area contributed by atoms with Gasteiger partial charge in [-0.1, -0.05) is 75.9 Å². The first-order valence-electron chi connectivity index (χ1n) is 17.5. The molecule has 1 saturated heterocycles. The number of nitrogens with one attached hydrogen (secondary N) is 1. The zero-order valence-corrected chi connectivity index (χ0v) is 29.2. The minimum atomic E-state index is -0.820. The van der Waals surface area contributed by atoms with Crippen LogP contribution in [0.1, 0.15) is 80.1 Å². The monoisotopic (exact) mass is 634 g/mol. The summed E-state index contributed by atoms with van der Waals surface area (Å²) in [5.74, 6) is -0.233. The lowest BCUT2D eigenvalue weighted by atomic mass is 10.1. The number of benzene rings is 2. The molecule has 46 heavy (non-hydrogen) atoms. The van der Waals surface area contributed by atoms with Crippen molar-refractivity contribution in [2.24, 2.45) is 0 Å². The van der Waals surface area contributed by atoms with Gasteiger partial charge in [0.1, 0.15) is 6.04 Å². The van der Waals surface area contributed by atoms with E-state index in [9.17, 15) is 14.4 Å². The molecule has 2 aromatic carbocycles. The highest BCUT2D eigenvalue weighted by atomic mass is 16.2. The van der Waals surface area contributed by atoms with Gasteiger partial charge in [-0.05, 0) is 64.8 Å². The van der Waals surface area contributed by atoms with Crippen LogP contribution in [0.3, 0.4) is 0 Å². The first-order chi connectivity index (χ1) is 22.2. The number of unbranched alkanes of at least 4 members (excludes halogenated alkanes) is 4. The first-order valence-corrected chi connectivity index (χ1v) is 17.5. The number of amides is 5. The number of hydrogen-bond donors (Lipinski definition) is 1. The number of carbonyl (C=O) groups excluding carboxylic acids is 3. The molecule has 5 amide bonds. The third-order valence-electron chi connectivity index (χ3n) is 8.75. The fraction of sp³-hybridized carbons (Fsp3) is 0.595. The van der Waals surface area contributed by atoms with Gasteiger partial charge < -0.3 is 20.0 Å². The van der Waals surface area contributed by atoms with Crippen LogP contribution in [-0.2, 0) is 4.79 Å². The number of carbonyl (C=O) groups is 3. The van der Waals surface area contributed by atoms with Crippen LogP contribution < -0.4 is 10.2 Å². The minimum absolute atomic E-state index is 0.0362. The molecule has 1 heterocycles. The summed E-state index contributed by atoms with van der Waals surface area (Å²) in [5.41, 5.74) is 1.44. The quantitative estimate of drug-likeness (QED) is 0.202. The second-order valence-electron chi connectivity index (χ2n) is 12.8. The van der Waals surface area contributed by atoms with Crippen molar-refractivity contribution < 1.29 is 14.4 Å². The third-order valence-corrected chi connectivity index (χ3v) is 8.75. The van der Waals surface area contributed by atoms with E-state index in [1.54, 1.807) is 14.7 Å². The summed E-state index contributed by atoms with van der Waals surface area (Å²) in [6.45, 7) is 16.3. The summed E-state index contributed by atoms with van der Waals surface area (Å²) >= 11 is 0. The molecule has 9 heteroatoms. The molecule has 0 saturated carbocycles. The van der Waals surface area contributed by atoms with E-state index in [-0.39, 0.29) is 31.1 Å². The van der Waals surface area contributed by atoms with Gasteiger partial charge in [0.05, 0.1) is 17.9 Å². The average Bonchev–Trinajstić information content (AvgIpc) is 3.06. The number of para-hydroxylation sites is 2. The predicted octanol–water partition coefficient (Wildman–Crippen LogP) is 6.97. The molecular weight excluding hydrogens is 576 g/mol. The van der Waals surface area contributed by atoms with Crippen molar-refractivity contribution in [1.82, 2.24) is 24.9 Å². The molecule has 0 bridgehead atoms. The van der Waals surface area contributed by atoms with Crippen LogP contribution in [0.2, 0.25) is 0 Å². The van der Waals surface area contributed by atoms with Crippen LogP contribution >= 0.6 is 0 Å². The largest absolute Gasteiger partial charge is 0.353 e. The third kappa shape index (κ3) is 10.5. The number of urea groups is 2. The van der Waals surface area contributed by atoms with Gasteiger partial charge in [0.15, 0.2) is 0 Å².